The molecule has 0 saturated heterocycles. The van der Waals surface area contributed by atoms with Crippen LogP contribution in [0.5, 0.6) is 0 Å². The number of ketones is 1. The van der Waals surface area contributed by atoms with Crippen molar-refractivity contribution in [2.45, 2.75) is 112 Å². The number of carbonyl (C=O) groups is 1. The van der Waals surface area contributed by atoms with Crippen molar-refractivity contribution in [3.63, 3.8) is 0 Å². The van der Waals surface area contributed by atoms with Crippen LogP contribution in [0.15, 0.2) is 58.7 Å². The van der Waals surface area contributed by atoms with Crippen LogP contribution in [0.1, 0.15) is 112 Å². The Morgan fingerprint density at radius 2 is 1.63 bits per heavy atom. The van der Waals surface area contributed by atoms with Gasteiger partial charge in [-0.05, 0) is 69.6 Å². The van der Waals surface area contributed by atoms with E-state index in [0.29, 0.717) is 12.3 Å². The van der Waals surface area contributed by atoms with Crippen LogP contribution < -0.4 is 0 Å². The van der Waals surface area contributed by atoms with E-state index in [1.54, 1.807) is 11.6 Å². The van der Waals surface area contributed by atoms with E-state index >= 15 is 0 Å². The molecule has 168 valence electrons. The molecule has 1 atom stereocenters. The highest BCUT2D eigenvalue weighted by molar-refractivity contribution is 5.90. The van der Waals surface area contributed by atoms with Gasteiger partial charge in [0.25, 0.3) is 0 Å². The van der Waals surface area contributed by atoms with Crippen molar-refractivity contribution in [3.05, 3.63) is 58.7 Å². The maximum atomic E-state index is 12.1. The van der Waals surface area contributed by atoms with Crippen molar-refractivity contribution in [2.24, 2.45) is 5.92 Å². The largest absolute Gasteiger partial charge is 0.295 e. The van der Waals surface area contributed by atoms with Gasteiger partial charge in [-0.25, -0.2) is 0 Å². The van der Waals surface area contributed by atoms with Gasteiger partial charge in [-0.15, -0.1) is 0 Å². The number of hydrogen-bond acceptors (Lipinski definition) is 1. The van der Waals surface area contributed by atoms with Crippen molar-refractivity contribution in [2.75, 3.05) is 0 Å². The van der Waals surface area contributed by atoms with Crippen LogP contribution >= 0.6 is 0 Å². The minimum absolute atomic E-state index is 0.262. The number of unbranched alkanes of at least 4 members (excludes halogenated alkanes) is 7. The number of allylic oxidation sites excluding steroid dienone is 10. The molecule has 0 aromatic heterocycles. The van der Waals surface area contributed by atoms with Crippen molar-refractivity contribution in [1.29, 1.82) is 0 Å². The lowest BCUT2D eigenvalue weighted by Crippen LogP contribution is -2.06. The van der Waals surface area contributed by atoms with Crippen molar-refractivity contribution < 1.29 is 4.79 Å². The number of hydrogen-bond donors (Lipinski definition) is 0. The highest BCUT2D eigenvalue weighted by atomic mass is 16.1. The maximum Gasteiger partial charge on any atom is 0.155 e. The second-order valence-corrected chi connectivity index (χ2v) is 9.21. The van der Waals surface area contributed by atoms with Gasteiger partial charge in [0, 0.05) is 6.42 Å². The molecule has 1 aliphatic carbocycles. The van der Waals surface area contributed by atoms with Crippen LogP contribution in [-0.2, 0) is 4.79 Å². The highest BCUT2D eigenvalue weighted by Gasteiger charge is 2.14. The summed E-state index contributed by atoms with van der Waals surface area (Å²) in [5.41, 5.74) is 5.33. The standard InChI is InChI=1S/C29H46O/c1-6-7-8-9-10-11-12-13-20-28(30)23-25(3)17-14-16-24(2)21-22-29-26(4)18-15-19-27(29)5/h14,16-17,21-23,26H,6-13,15,18-20H2,1-5H3/b17-14+,22-21+,24-16+,25-23+. The Morgan fingerprint density at radius 3 is 2.30 bits per heavy atom. The minimum Gasteiger partial charge on any atom is -0.295 e. The molecule has 0 aliphatic heterocycles. The third-order valence-corrected chi connectivity index (χ3v) is 6.12. The van der Waals surface area contributed by atoms with E-state index in [0.717, 1.165) is 12.0 Å². The Hall–Kier alpha value is -1.63. The summed E-state index contributed by atoms with van der Waals surface area (Å²) < 4.78 is 0. The molecule has 1 heteroatoms. The zero-order valence-corrected chi connectivity index (χ0v) is 20.4. The van der Waals surface area contributed by atoms with Gasteiger partial charge in [0.1, 0.15) is 0 Å². The van der Waals surface area contributed by atoms with Crippen LogP contribution in [0.3, 0.4) is 0 Å². The molecule has 0 bridgehead atoms. The molecule has 1 nitrogen and oxygen atoms in total. The zero-order valence-electron chi connectivity index (χ0n) is 20.4. The molecular weight excluding hydrogens is 364 g/mol. The molecule has 0 fully saturated rings. The van der Waals surface area contributed by atoms with E-state index in [1.165, 1.54) is 75.4 Å². The highest BCUT2D eigenvalue weighted by Crippen LogP contribution is 2.30. The molecule has 1 aliphatic rings. The average Bonchev–Trinajstić information content (AvgIpc) is 2.69. The van der Waals surface area contributed by atoms with Gasteiger partial charge in [-0.2, -0.15) is 0 Å². The summed E-state index contributed by atoms with van der Waals surface area (Å²) in [4.78, 5) is 12.1. The molecule has 0 radical (unpaired) electrons. The molecular formula is C29H46O. The van der Waals surface area contributed by atoms with Gasteiger partial charge in [0.2, 0.25) is 0 Å². The molecule has 0 spiro atoms. The van der Waals surface area contributed by atoms with E-state index < -0.39 is 0 Å². The lowest BCUT2D eigenvalue weighted by molar-refractivity contribution is -0.114. The van der Waals surface area contributed by atoms with Crippen LogP contribution in [0, 0.1) is 5.92 Å². The first-order valence-corrected chi connectivity index (χ1v) is 12.4. The Balaban J connectivity index is 2.34. The first-order chi connectivity index (χ1) is 14.4. The second kappa shape index (κ2) is 16.1. The fourth-order valence-electron chi connectivity index (χ4n) is 4.14. The molecule has 0 N–H and O–H groups in total. The maximum absolute atomic E-state index is 12.1. The van der Waals surface area contributed by atoms with Crippen LogP contribution in [0.2, 0.25) is 0 Å². The van der Waals surface area contributed by atoms with E-state index in [9.17, 15) is 4.79 Å². The Labute approximate surface area is 187 Å². The molecule has 1 rings (SSSR count). The van der Waals surface area contributed by atoms with Gasteiger partial charge in [0.15, 0.2) is 5.78 Å². The normalized spacial score (nSPS) is 18.8. The summed E-state index contributed by atoms with van der Waals surface area (Å²) in [6, 6.07) is 0. The zero-order chi connectivity index (χ0) is 22.2. The monoisotopic (exact) mass is 410 g/mol. The molecule has 0 aromatic carbocycles. The predicted molar refractivity (Wildman–Crippen MR) is 134 cm³/mol. The summed E-state index contributed by atoms with van der Waals surface area (Å²) in [6.45, 7) is 11.0. The quantitative estimate of drug-likeness (QED) is 0.158. The Kier molecular flexibility index (Phi) is 14.2. The fourth-order valence-corrected chi connectivity index (χ4v) is 4.14. The fraction of sp³-hybridized carbons (Fsp3) is 0.621. The van der Waals surface area contributed by atoms with Gasteiger partial charge in [0.05, 0.1) is 0 Å². The molecule has 0 aromatic rings. The first-order valence-electron chi connectivity index (χ1n) is 12.4. The van der Waals surface area contributed by atoms with Crippen LogP contribution in [-0.4, -0.2) is 5.78 Å². The smallest absolute Gasteiger partial charge is 0.155 e. The third-order valence-electron chi connectivity index (χ3n) is 6.12. The van der Waals surface area contributed by atoms with Gasteiger partial charge in [-0.1, -0.05) is 100 Å². The Bertz CT molecular complexity index is 654. The average molecular weight is 411 g/mol. The second-order valence-electron chi connectivity index (χ2n) is 9.21. The summed E-state index contributed by atoms with van der Waals surface area (Å²) >= 11 is 0. The molecule has 0 amide bonds. The van der Waals surface area contributed by atoms with E-state index in [4.69, 9.17) is 0 Å². The van der Waals surface area contributed by atoms with E-state index in [-0.39, 0.29) is 5.78 Å². The van der Waals surface area contributed by atoms with Gasteiger partial charge >= 0.3 is 0 Å². The van der Waals surface area contributed by atoms with Crippen LogP contribution in [0.4, 0.5) is 0 Å². The lowest BCUT2D eigenvalue weighted by Gasteiger charge is -2.22. The summed E-state index contributed by atoms with van der Waals surface area (Å²) in [5, 5.41) is 0. The first kappa shape index (κ1) is 26.4. The van der Waals surface area contributed by atoms with Gasteiger partial charge < -0.3 is 0 Å². The van der Waals surface area contributed by atoms with E-state index in [1.807, 2.05) is 13.0 Å². The molecule has 0 saturated carbocycles. The van der Waals surface area contributed by atoms with Crippen LogP contribution in [0.25, 0.3) is 0 Å². The SMILES string of the molecule is CCCCCCCCCCC(=O)/C=C(C)/C=C/C=C(C)/C=C/C1=C(C)CCCC1C. The Morgan fingerprint density at radius 1 is 0.967 bits per heavy atom. The summed E-state index contributed by atoms with van der Waals surface area (Å²) in [7, 11) is 0. The van der Waals surface area contributed by atoms with Gasteiger partial charge in [-0.3, -0.25) is 4.79 Å². The molecule has 0 heterocycles. The van der Waals surface area contributed by atoms with Crippen molar-refractivity contribution in [3.8, 4) is 0 Å². The lowest BCUT2D eigenvalue weighted by atomic mass is 9.84. The molecule has 30 heavy (non-hydrogen) atoms. The predicted octanol–water partition coefficient (Wildman–Crippen LogP) is 9.23. The van der Waals surface area contributed by atoms with Crippen molar-refractivity contribution in [1.82, 2.24) is 0 Å². The third kappa shape index (κ3) is 12.2. The topological polar surface area (TPSA) is 17.1 Å². The summed E-state index contributed by atoms with van der Waals surface area (Å²) in [6.07, 6.45) is 27.3. The summed E-state index contributed by atoms with van der Waals surface area (Å²) in [5.74, 6) is 0.938. The minimum atomic E-state index is 0.262. The number of carbonyl (C=O) groups excluding carboxylic acids is 1. The number of rotatable bonds is 14. The molecule has 1 unspecified atom stereocenters. The van der Waals surface area contributed by atoms with Crippen molar-refractivity contribution >= 4 is 5.78 Å². The van der Waals surface area contributed by atoms with E-state index in [2.05, 4.69) is 52.0 Å².